The van der Waals surface area contributed by atoms with Crippen molar-refractivity contribution in [3.63, 3.8) is 0 Å². The molecule has 0 heterocycles. The highest BCUT2D eigenvalue weighted by Crippen LogP contribution is 2.19. The molecule has 0 aliphatic carbocycles. The van der Waals surface area contributed by atoms with Crippen molar-refractivity contribution in [1.82, 2.24) is 4.90 Å². The van der Waals surface area contributed by atoms with Crippen molar-refractivity contribution in [2.75, 3.05) is 25.5 Å². The van der Waals surface area contributed by atoms with Crippen LogP contribution in [0.1, 0.15) is 0 Å². The van der Waals surface area contributed by atoms with Crippen LogP contribution in [0, 0.1) is 5.82 Å². The SMILES string of the molecule is CN(CCOc1ccc(Cl)cc1)C(=O)Nc1ccc(Br)cc1F. The summed E-state index contributed by atoms with van der Waals surface area (Å²) >= 11 is 8.95. The highest BCUT2D eigenvalue weighted by Gasteiger charge is 2.11. The Morgan fingerprint density at radius 1 is 1.30 bits per heavy atom. The molecule has 4 nitrogen and oxygen atoms in total. The largest absolute Gasteiger partial charge is 0.492 e. The number of rotatable bonds is 5. The van der Waals surface area contributed by atoms with Crippen LogP contribution in [-0.4, -0.2) is 31.1 Å². The van der Waals surface area contributed by atoms with Gasteiger partial charge in [-0.2, -0.15) is 0 Å². The third kappa shape index (κ3) is 5.41. The topological polar surface area (TPSA) is 41.6 Å². The predicted octanol–water partition coefficient (Wildman–Crippen LogP) is 4.78. The Morgan fingerprint density at radius 3 is 2.65 bits per heavy atom. The number of likely N-dealkylation sites (N-methyl/N-ethyl adjacent to an activating group) is 1. The fourth-order valence-electron chi connectivity index (χ4n) is 1.73. The van der Waals surface area contributed by atoms with Crippen LogP contribution in [0.15, 0.2) is 46.9 Å². The molecule has 0 unspecified atom stereocenters. The Hall–Kier alpha value is -1.79. The lowest BCUT2D eigenvalue weighted by Gasteiger charge is -2.18. The van der Waals surface area contributed by atoms with E-state index < -0.39 is 11.8 Å². The smallest absolute Gasteiger partial charge is 0.321 e. The molecule has 1 N–H and O–H groups in total. The molecular weight excluding hydrogens is 387 g/mol. The third-order valence-corrected chi connectivity index (χ3v) is 3.77. The van der Waals surface area contributed by atoms with Gasteiger partial charge in [0.2, 0.25) is 0 Å². The molecule has 2 aromatic rings. The van der Waals surface area contributed by atoms with E-state index in [1.807, 2.05) is 0 Å². The zero-order valence-electron chi connectivity index (χ0n) is 12.4. The first-order valence-electron chi connectivity index (χ1n) is 6.81. The van der Waals surface area contributed by atoms with Crippen molar-refractivity contribution in [2.45, 2.75) is 0 Å². The van der Waals surface area contributed by atoms with Gasteiger partial charge in [0.05, 0.1) is 12.2 Å². The fourth-order valence-corrected chi connectivity index (χ4v) is 2.19. The second-order valence-electron chi connectivity index (χ2n) is 4.78. The highest BCUT2D eigenvalue weighted by molar-refractivity contribution is 9.10. The van der Waals surface area contributed by atoms with E-state index in [1.54, 1.807) is 37.4 Å². The van der Waals surface area contributed by atoms with E-state index in [9.17, 15) is 9.18 Å². The quantitative estimate of drug-likeness (QED) is 0.783. The molecular formula is C16H15BrClFN2O2. The molecule has 0 atom stereocenters. The van der Waals surface area contributed by atoms with Gasteiger partial charge in [0, 0.05) is 16.5 Å². The minimum Gasteiger partial charge on any atom is -0.492 e. The summed E-state index contributed by atoms with van der Waals surface area (Å²) < 4.78 is 19.8. The standard InChI is InChI=1S/C16H15BrClFN2O2/c1-21(8-9-23-13-5-3-12(18)4-6-13)16(22)20-15-7-2-11(17)10-14(15)19/h2-7,10H,8-9H2,1H3,(H,20,22). The predicted molar refractivity (Wildman–Crippen MR) is 92.7 cm³/mol. The zero-order valence-corrected chi connectivity index (χ0v) is 14.7. The molecule has 0 aromatic heterocycles. The summed E-state index contributed by atoms with van der Waals surface area (Å²) in [4.78, 5) is 13.4. The number of nitrogens with zero attached hydrogens (tertiary/aromatic N) is 1. The summed E-state index contributed by atoms with van der Waals surface area (Å²) in [7, 11) is 1.61. The van der Waals surface area contributed by atoms with Crippen LogP contribution in [0.4, 0.5) is 14.9 Å². The number of hydrogen-bond acceptors (Lipinski definition) is 2. The first-order valence-corrected chi connectivity index (χ1v) is 7.98. The van der Waals surface area contributed by atoms with Crippen LogP contribution in [-0.2, 0) is 0 Å². The number of benzene rings is 2. The monoisotopic (exact) mass is 400 g/mol. The molecule has 0 fully saturated rings. The Morgan fingerprint density at radius 2 is 2.00 bits per heavy atom. The molecule has 0 bridgehead atoms. The number of nitrogens with one attached hydrogen (secondary N) is 1. The Labute approximate surface area is 147 Å². The lowest BCUT2D eigenvalue weighted by molar-refractivity contribution is 0.207. The van der Waals surface area contributed by atoms with Gasteiger partial charge in [-0.3, -0.25) is 0 Å². The van der Waals surface area contributed by atoms with Crippen molar-refractivity contribution in [3.05, 3.63) is 57.8 Å². The van der Waals surface area contributed by atoms with E-state index in [0.29, 0.717) is 28.4 Å². The van der Waals surface area contributed by atoms with Crippen molar-refractivity contribution < 1.29 is 13.9 Å². The van der Waals surface area contributed by atoms with Crippen molar-refractivity contribution >= 4 is 39.2 Å². The molecule has 0 saturated carbocycles. The molecule has 2 rings (SSSR count). The van der Waals surface area contributed by atoms with E-state index in [-0.39, 0.29) is 5.69 Å². The minimum atomic E-state index is -0.501. The molecule has 122 valence electrons. The fraction of sp³-hybridized carbons (Fsp3) is 0.188. The van der Waals surface area contributed by atoms with Gasteiger partial charge in [0.15, 0.2) is 0 Å². The van der Waals surface area contributed by atoms with Crippen LogP contribution in [0.5, 0.6) is 5.75 Å². The average Bonchev–Trinajstić information content (AvgIpc) is 2.51. The maximum absolute atomic E-state index is 13.7. The number of hydrogen-bond donors (Lipinski definition) is 1. The van der Waals surface area contributed by atoms with Gasteiger partial charge in [-0.15, -0.1) is 0 Å². The summed E-state index contributed by atoms with van der Waals surface area (Å²) in [5, 5.41) is 3.14. The number of urea groups is 1. The first kappa shape index (κ1) is 17.6. The second-order valence-corrected chi connectivity index (χ2v) is 6.13. The van der Waals surface area contributed by atoms with Gasteiger partial charge in [-0.1, -0.05) is 27.5 Å². The minimum absolute atomic E-state index is 0.128. The van der Waals surface area contributed by atoms with E-state index in [1.165, 1.54) is 17.0 Å². The van der Waals surface area contributed by atoms with Crippen LogP contribution < -0.4 is 10.1 Å². The van der Waals surface area contributed by atoms with Crippen LogP contribution >= 0.6 is 27.5 Å². The molecule has 23 heavy (non-hydrogen) atoms. The van der Waals surface area contributed by atoms with E-state index >= 15 is 0 Å². The lowest BCUT2D eigenvalue weighted by atomic mass is 10.3. The molecule has 7 heteroatoms. The molecule has 0 spiro atoms. The summed E-state index contributed by atoms with van der Waals surface area (Å²) in [5.41, 5.74) is 0.128. The van der Waals surface area contributed by atoms with Crippen molar-refractivity contribution in [1.29, 1.82) is 0 Å². The molecule has 0 aliphatic heterocycles. The molecule has 0 radical (unpaired) electrons. The van der Waals surface area contributed by atoms with Crippen LogP contribution in [0.25, 0.3) is 0 Å². The van der Waals surface area contributed by atoms with E-state index in [2.05, 4.69) is 21.2 Å². The van der Waals surface area contributed by atoms with E-state index in [4.69, 9.17) is 16.3 Å². The maximum Gasteiger partial charge on any atom is 0.321 e. The van der Waals surface area contributed by atoms with Crippen LogP contribution in [0.2, 0.25) is 5.02 Å². The maximum atomic E-state index is 13.7. The first-order chi connectivity index (χ1) is 11.0. The average molecular weight is 402 g/mol. The molecule has 2 amide bonds. The Balaban J connectivity index is 1.81. The van der Waals surface area contributed by atoms with Gasteiger partial charge in [0.25, 0.3) is 0 Å². The number of halogens is 3. The lowest BCUT2D eigenvalue weighted by Crippen LogP contribution is -2.34. The second kappa shape index (κ2) is 8.17. The number of anilines is 1. The third-order valence-electron chi connectivity index (χ3n) is 3.03. The summed E-state index contributed by atoms with van der Waals surface area (Å²) in [5.74, 6) is 0.167. The number of carbonyl (C=O) groups excluding carboxylic acids is 1. The summed E-state index contributed by atoms with van der Waals surface area (Å²) in [6.45, 7) is 0.668. The molecule has 0 saturated heterocycles. The van der Waals surface area contributed by atoms with Crippen LogP contribution in [0.3, 0.4) is 0 Å². The summed E-state index contributed by atoms with van der Waals surface area (Å²) in [6.07, 6.45) is 0. The highest BCUT2D eigenvalue weighted by atomic mass is 79.9. The zero-order chi connectivity index (χ0) is 16.8. The van der Waals surface area contributed by atoms with Crippen molar-refractivity contribution in [2.24, 2.45) is 0 Å². The summed E-state index contributed by atoms with van der Waals surface area (Å²) in [6, 6.07) is 11.0. The van der Waals surface area contributed by atoms with E-state index in [0.717, 1.165) is 0 Å². The molecule has 0 aliphatic rings. The number of amides is 2. The van der Waals surface area contributed by atoms with Gasteiger partial charge in [0.1, 0.15) is 18.2 Å². The molecule has 2 aromatic carbocycles. The number of ether oxygens (including phenoxy) is 1. The normalized spacial score (nSPS) is 10.3. The van der Waals surface area contributed by atoms with Gasteiger partial charge < -0.3 is 15.0 Å². The Bertz CT molecular complexity index is 682. The number of carbonyl (C=O) groups is 1. The van der Waals surface area contributed by atoms with Gasteiger partial charge in [-0.05, 0) is 42.5 Å². The Kier molecular flexibility index (Phi) is 6.24. The van der Waals surface area contributed by atoms with Gasteiger partial charge >= 0.3 is 6.03 Å². The van der Waals surface area contributed by atoms with Gasteiger partial charge in [-0.25, -0.2) is 9.18 Å². The van der Waals surface area contributed by atoms with Crippen molar-refractivity contribution in [3.8, 4) is 5.75 Å².